The normalized spacial score (nSPS) is 12.0. The van der Waals surface area contributed by atoms with Gasteiger partial charge in [-0.05, 0) is 27.7 Å². The van der Waals surface area contributed by atoms with Gasteiger partial charge in [0.05, 0.1) is 16.5 Å². The van der Waals surface area contributed by atoms with E-state index < -0.39 is 11.2 Å². The maximum absolute atomic E-state index is 9.10. The molecule has 70 valence electrons. The van der Waals surface area contributed by atoms with Crippen LogP contribution in [0.3, 0.4) is 0 Å². The number of hydrogen-bond acceptors (Lipinski definition) is 2. The zero-order valence-corrected chi connectivity index (χ0v) is 8.87. The second kappa shape index (κ2) is 5.20. The van der Waals surface area contributed by atoms with Crippen LogP contribution in [0.4, 0.5) is 0 Å². The fraction of sp³-hybridized carbons (Fsp3) is 1.00. The third-order valence-corrected chi connectivity index (χ3v) is 1.50. The van der Waals surface area contributed by atoms with Crippen LogP contribution in [0.1, 0.15) is 27.7 Å². The summed E-state index contributed by atoms with van der Waals surface area (Å²) in [5, 5.41) is 18.4. The van der Waals surface area contributed by atoms with Gasteiger partial charge in [-0.25, -0.2) is 0 Å². The maximum atomic E-state index is 9.10. The Morgan fingerprint density at radius 3 is 1.00 bits per heavy atom. The largest absolute Gasteiger partial charge is 0.387 e. The van der Waals surface area contributed by atoms with Gasteiger partial charge in [0.1, 0.15) is 0 Å². The second-order valence-electron chi connectivity index (χ2n) is 3.22. The van der Waals surface area contributed by atoms with Crippen molar-refractivity contribution in [3.05, 3.63) is 0 Å². The first-order valence-corrected chi connectivity index (χ1v) is 4.30. The van der Waals surface area contributed by atoms with Crippen molar-refractivity contribution in [3.63, 3.8) is 0 Å². The summed E-state index contributed by atoms with van der Waals surface area (Å²) in [6, 6.07) is 0. The van der Waals surface area contributed by atoms with Gasteiger partial charge in [-0.15, -0.1) is 23.2 Å². The molecule has 0 aromatic heterocycles. The van der Waals surface area contributed by atoms with E-state index in [1.165, 1.54) is 0 Å². The Morgan fingerprint density at radius 2 is 1.00 bits per heavy atom. The molecule has 0 heterocycles. The molecule has 0 aromatic rings. The molecular formula is C7H16Cl2O2. The first-order chi connectivity index (χ1) is 4.66. The summed E-state index contributed by atoms with van der Waals surface area (Å²) in [5.74, 6) is 0. The summed E-state index contributed by atoms with van der Waals surface area (Å²) >= 11 is 9.53. The van der Waals surface area contributed by atoms with E-state index in [1.54, 1.807) is 27.7 Å². The lowest BCUT2D eigenvalue weighted by Gasteiger charge is -2.31. The second-order valence-corrected chi connectivity index (χ2v) is 4.03. The minimum absolute atomic E-state index is 0.194. The van der Waals surface area contributed by atoms with Crippen LogP contribution < -0.4 is 0 Å². The van der Waals surface area contributed by atoms with Crippen LogP contribution in [0.15, 0.2) is 0 Å². The summed E-state index contributed by atoms with van der Waals surface area (Å²) in [4.78, 5) is 0. The number of alkyl halides is 2. The van der Waals surface area contributed by atoms with Crippen molar-refractivity contribution < 1.29 is 10.2 Å². The van der Waals surface area contributed by atoms with Crippen LogP contribution in [0.25, 0.3) is 0 Å². The maximum Gasteiger partial charge on any atom is 0.0967 e. The molecule has 0 saturated heterocycles. The monoisotopic (exact) mass is 202 g/mol. The van der Waals surface area contributed by atoms with Gasteiger partial charge in [-0.2, -0.15) is 0 Å². The Labute approximate surface area is 78.1 Å². The quantitative estimate of drug-likeness (QED) is 0.639. The van der Waals surface area contributed by atoms with Crippen LogP contribution in [0, 0.1) is 0 Å². The highest BCUT2D eigenvalue weighted by Crippen LogP contribution is 2.19. The van der Waals surface area contributed by atoms with Crippen molar-refractivity contribution in [2.24, 2.45) is 0 Å². The molecule has 0 saturated carbocycles. The van der Waals surface area contributed by atoms with E-state index in [1.807, 2.05) is 0 Å². The van der Waals surface area contributed by atoms with Gasteiger partial charge in [0.15, 0.2) is 0 Å². The third kappa shape index (κ3) is 8.41. The third-order valence-electron chi connectivity index (χ3n) is 1.50. The summed E-state index contributed by atoms with van der Waals surface area (Å²) < 4.78 is 0. The van der Waals surface area contributed by atoms with Gasteiger partial charge >= 0.3 is 0 Å². The van der Waals surface area contributed by atoms with Crippen molar-refractivity contribution in [3.8, 4) is 0 Å². The van der Waals surface area contributed by atoms with Crippen molar-refractivity contribution in [1.82, 2.24) is 0 Å². The van der Waals surface area contributed by atoms with E-state index in [4.69, 9.17) is 33.4 Å². The van der Waals surface area contributed by atoms with Gasteiger partial charge in [-0.1, -0.05) is 0 Å². The molecular weight excluding hydrogens is 187 g/mol. The van der Waals surface area contributed by atoms with E-state index >= 15 is 0 Å². The Balaban J connectivity index is 0. The van der Waals surface area contributed by atoms with Crippen LogP contribution in [0.2, 0.25) is 0 Å². The number of aliphatic hydroxyl groups is 2. The molecule has 0 amide bonds. The molecule has 0 aliphatic carbocycles. The van der Waals surface area contributed by atoms with Gasteiger partial charge in [0, 0.05) is 0 Å². The Morgan fingerprint density at radius 1 is 0.909 bits per heavy atom. The summed E-state index contributed by atoms with van der Waals surface area (Å²) in [7, 11) is 0. The highest BCUT2D eigenvalue weighted by atomic mass is 35.5. The SMILES string of the molecule is CC(C)(O)C(C)(C)O.ClCCl. The molecule has 0 fully saturated rings. The zero-order valence-electron chi connectivity index (χ0n) is 7.36. The highest BCUT2D eigenvalue weighted by molar-refractivity contribution is 6.40. The standard InChI is InChI=1S/C6H14O2.CH2Cl2/c1-5(2,7)6(3,4)8;2-1-3/h7-8H,1-4H3;1H2. The molecule has 4 heteroatoms. The Hall–Kier alpha value is 0.500. The molecule has 0 rings (SSSR count). The lowest BCUT2D eigenvalue weighted by atomic mass is 9.90. The molecule has 0 atom stereocenters. The fourth-order valence-electron chi connectivity index (χ4n) is 0. The molecule has 2 N–H and O–H groups in total. The first-order valence-electron chi connectivity index (χ1n) is 3.23. The zero-order chi connectivity index (χ0) is 9.71. The molecule has 0 spiro atoms. The topological polar surface area (TPSA) is 40.5 Å². The van der Waals surface area contributed by atoms with Crippen LogP contribution in [0.5, 0.6) is 0 Å². The highest BCUT2D eigenvalue weighted by Gasteiger charge is 2.31. The Bertz CT molecular complexity index is 79.6. The van der Waals surface area contributed by atoms with Crippen molar-refractivity contribution in [2.75, 3.05) is 5.34 Å². The first kappa shape index (κ1) is 14.0. The fourth-order valence-corrected chi connectivity index (χ4v) is 0. The van der Waals surface area contributed by atoms with Gasteiger partial charge in [-0.3, -0.25) is 0 Å². The molecule has 0 bridgehead atoms. The van der Waals surface area contributed by atoms with Gasteiger partial charge in [0.25, 0.3) is 0 Å². The number of halogens is 2. The minimum Gasteiger partial charge on any atom is -0.387 e. The molecule has 0 radical (unpaired) electrons. The summed E-state index contributed by atoms with van der Waals surface area (Å²) in [6.45, 7) is 6.31. The van der Waals surface area contributed by atoms with E-state index in [2.05, 4.69) is 0 Å². The predicted octanol–water partition coefficient (Wildman–Crippen LogP) is 1.95. The van der Waals surface area contributed by atoms with Crippen molar-refractivity contribution >= 4 is 23.2 Å². The minimum atomic E-state index is -1.01. The van der Waals surface area contributed by atoms with Gasteiger partial charge in [0.2, 0.25) is 0 Å². The lowest BCUT2D eigenvalue weighted by molar-refractivity contribution is -0.107. The molecule has 11 heavy (non-hydrogen) atoms. The average Bonchev–Trinajstić information content (AvgIpc) is 1.60. The predicted molar refractivity (Wildman–Crippen MR) is 49.2 cm³/mol. The van der Waals surface area contributed by atoms with Crippen LogP contribution in [-0.4, -0.2) is 26.8 Å². The van der Waals surface area contributed by atoms with E-state index in [9.17, 15) is 0 Å². The Kier molecular flexibility index (Phi) is 6.64. The van der Waals surface area contributed by atoms with E-state index in [0.29, 0.717) is 0 Å². The molecule has 0 unspecified atom stereocenters. The summed E-state index contributed by atoms with van der Waals surface area (Å²) in [5.41, 5.74) is -2.01. The smallest absolute Gasteiger partial charge is 0.0967 e. The van der Waals surface area contributed by atoms with Crippen molar-refractivity contribution in [1.29, 1.82) is 0 Å². The van der Waals surface area contributed by atoms with Crippen LogP contribution in [-0.2, 0) is 0 Å². The van der Waals surface area contributed by atoms with E-state index in [-0.39, 0.29) is 5.34 Å². The summed E-state index contributed by atoms with van der Waals surface area (Å²) in [6.07, 6.45) is 0. The number of rotatable bonds is 1. The molecule has 2 nitrogen and oxygen atoms in total. The van der Waals surface area contributed by atoms with Crippen molar-refractivity contribution in [2.45, 2.75) is 38.9 Å². The average molecular weight is 203 g/mol. The van der Waals surface area contributed by atoms with Gasteiger partial charge < -0.3 is 10.2 Å². The lowest BCUT2D eigenvalue weighted by Crippen LogP contribution is -2.44. The molecule has 0 aromatic carbocycles. The number of hydrogen-bond donors (Lipinski definition) is 2. The molecule has 0 aliphatic heterocycles. The van der Waals surface area contributed by atoms with Crippen LogP contribution >= 0.6 is 23.2 Å². The molecule has 0 aliphatic rings. The van der Waals surface area contributed by atoms with E-state index in [0.717, 1.165) is 0 Å².